The zero-order valence-corrected chi connectivity index (χ0v) is 9.18. The quantitative estimate of drug-likeness (QED) is 0.732. The van der Waals surface area contributed by atoms with Gasteiger partial charge in [-0.3, -0.25) is 0 Å². The fraction of sp³-hybridized carbons (Fsp3) is 0.364. The second kappa shape index (κ2) is 4.65. The molecular weight excluding hydrogens is 174 g/mol. The Kier molecular flexibility index (Phi) is 3.51. The third-order valence-electron chi connectivity index (χ3n) is 2.00. The molecule has 0 aliphatic carbocycles. The highest BCUT2D eigenvalue weighted by molar-refractivity contribution is 5.82. The number of nitrogens with one attached hydrogen (secondary N) is 2. The highest BCUT2D eigenvalue weighted by Crippen LogP contribution is 2.19. The van der Waals surface area contributed by atoms with Gasteiger partial charge in [0.05, 0.1) is 17.4 Å². The Morgan fingerprint density at radius 1 is 1.36 bits per heavy atom. The minimum absolute atomic E-state index is 0. The summed E-state index contributed by atoms with van der Waals surface area (Å²) < 4.78 is 0. The first-order valence-corrected chi connectivity index (χ1v) is 4.93. The van der Waals surface area contributed by atoms with Gasteiger partial charge in [-0.05, 0) is 24.6 Å². The largest absolute Gasteiger partial charge is 0.388 e. The summed E-state index contributed by atoms with van der Waals surface area (Å²) in [6.07, 6.45) is 1.72. The van der Waals surface area contributed by atoms with Gasteiger partial charge < -0.3 is 10.3 Å². The summed E-state index contributed by atoms with van der Waals surface area (Å²) in [6.45, 7) is 6.06. The Morgan fingerprint density at radius 2 is 2.07 bits per heavy atom. The molecule has 0 saturated carbocycles. The summed E-state index contributed by atoms with van der Waals surface area (Å²) in [5.41, 5.74) is 4.44. The molecule has 2 N–H and O–H groups in total. The van der Waals surface area contributed by atoms with Crippen LogP contribution in [0.5, 0.6) is 0 Å². The average molecular weight is 195 g/mol. The minimum Gasteiger partial charge on any atom is -0.388 e. The standard InChI is InChI=1S/C9H11N3.C2H6.2H2/c1-6-3-7(10-2)4-8-9(6)12-5-11-8;1-2;;/h3-5,10H,1-2H3,(H,11,12);1-2H3;2*1H. The molecule has 0 bridgehead atoms. The van der Waals surface area contributed by atoms with Crippen LogP contribution in [-0.2, 0) is 0 Å². The van der Waals surface area contributed by atoms with E-state index in [4.69, 9.17) is 0 Å². The van der Waals surface area contributed by atoms with Crippen molar-refractivity contribution >= 4 is 16.7 Å². The number of fused-ring (bicyclic) bond motifs is 1. The smallest absolute Gasteiger partial charge is 0.0932 e. The predicted octanol–water partition coefficient (Wildman–Crippen LogP) is 3.43. The van der Waals surface area contributed by atoms with Crippen LogP contribution >= 0.6 is 0 Å². The Morgan fingerprint density at radius 3 is 2.71 bits per heavy atom. The summed E-state index contributed by atoms with van der Waals surface area (Å²) in [5, 5.41) is 3.10. The molecule has 80 valence electrons. The van der Waals surface area contributed by atoms with Crippen LogP contribution in [0.4, 0.5) is 5.69 Å². The zero-order valence-electron chi connectivity index (χ0n) is 9.18. The molecule has 3 heteroatoms. The van der Waals surface area contributed by atoms with Crippen LogP contribution in [0.3, 0.4) is 0 Å². The number of H-pyrrole nitrogens is 1. The Bertz CT molecular complexity index is 413. The van der Waals surface area contributed by atoms with Crippen molar-refractivity contribution in [1.29, 1.82) is 0 Å². The van der Waals surface area contributed by atoms with Crippen molar-refractivity contribution in [2.24, 2.45) is 0 Å². The van der Waals surface area contributed by atoms with Gasteiger partial charge in [0.2, 0.25) is 0 Å². The average Bonchev–Trinajstić information content (AvgIpc) is 2.69. The molecule has 1 aromatic carbocycles. The topological polar surface area (TPSA) is 40.7 Å². The Balaban J connectivity index is 0. The summed E-state index contributed by atoms with van der Waals surface area (Å²) in [5.74, 6) is 0. The van der Waals surface area contributed by atoms with Gasteiger partial charge >= 0.3 is 0 Å². The van der Waals surface area contributed by atoms with Crippen LogP contribution in [0.1, 0.15) is 22.3 Å². The highest BCUT2D eigenvalue weighted by Gasteiger charge is 2.00. The van der Waals surface area contributed by atoms with Crippen LogP contribution in [0.25, 0.3) is 11.0 Å². The van der Waals surface area contributed by atoms with Crippen molar-refractivity contribution in [1.82, 2.24) is 9.97 Å². The van der Waals surface area contributed by atoms with Crippen LogP contribution in [-0.4, -0.2) is 17.0 Å². The predicted molar refractivity (Wildman–Crippen MR) is 66.0 cm³/mol. The molecule has 14 heavy (non-hydrogen) atoms. The van der Waals surface area contributed by atoms with E-state index in [0.717, 1.165) is 16.7 Å². The fourth-order valence-electron chi connectivity index (χ4n) is 1.37. The maximum absolute atomic E-state index is 4.21. The number of hydrogen-bond acceptors (Lipinski definition) is 2. The second-order valence-corrected chi connectivity index (χ2v) is 2.84. The number of benzene rings is 1. The van der Waals surface area contributed by atoms with Crippen LogP contribution in [0, 0.1) is 6.92 Å². The van der Waals surface area contributed by atoms with E-state index in [1.165, 1.54) is 5.56 Å². The van der Waals surface area contributed by atoms with Crippen LogP contribution in [0.2, 0.25) is 0 Å². The number of imidazole rings is 1. The first kappa shape index (κ1) is 10.6. The first-order valence-electron chi connectivity index (χ1n) is 4.93. The Labute approximate surface area is 87.5 Å². The van der Waals surface area contributed by atoms with Gasteiger partial charge in [0.25, 0.3) is 0 Å². The maximum atomic E-state index is 4.21. The highest BCUT2D eigenvalue weighted by atomic mass is 14.9. The monoisotopic (exact) mass is 195 g/mol. The van der Waals surface area contributed by atoms with Gasteiger partial charge in [0, 0.05) is 15.6 Å². The number of nitrogens with zero attached hydrogens (tertiary/aromatic N) is 1. The number of hydrogen-bond donors (Lipinski definition) is 2. The van der Waals surface area contributed by atoms with Gasteiger partial charge in [-0.15, -0.1) is 0 Å². The van der Waals surface area contributed by atoms with E-state index in [-0.39, 0.29) is 2.85 Å². The van der Waals surface area contributed by atoms with E-state index >= 15 is 0 Å². The molecule has 0 spiro atoms. The molecule has 0 aliphatic heterocycles. The third kappa shape index (κ3) is 1.87. The van der Waals surface area contributed by atoms with Crippen molar-refractivity contribution in [3.05, 3.63) is 24.0 Å². The Hall–Kier alpha value is -1.51. The molecule has 3 nitrogen and oxygen atoms in total. The lowest BCUT2D eigenvalue weighted by Gasteiger charge is -2.01. The number of aromatic nitrogens is 2. The number of aromatic amines is 1. The van der Waals surface area contributed by atoms with E-state index in [9.17, 15) is 0 Å². The molecular formula is C11H21N3. The molecule has 1 heterocycles. The van der Waals surface area contributed by atoms with Crippen molar-refractivity contribution in [2.45, 2.75) is 20.8 Å². The summed E-state index contributed by atoms with van der Waals surface area (Å²) in [7, 11) is 1.91. The summed E-state index contributed by atoms with van der Waals surface area (Å²) >= 11 is 0. The molecule has 0 aliphatic rings. The molecule has 2 rings (SSSR count). The van der Waals surface area contributed by atoms with E-state index in [1.807, 2.05) is 20.9 Å². The van der Waals surface area contributed by atoms with Gasteiger partial charge in [-0.2, -0.15) is 0 Å². The summed E-state index contributed by atoms with van der Waals surface area (Å²) in [4.78, 5) is 7.29. The van der Waals surface area contributed by atoms with Crippen molar-refractivity contribution in [2.75, 3.05) is 12.4 Å². The fourth-order valence-corrected chi connectivity index (χ4v) is 1.37. The first-order chi connectivity index (χ1) is 6.81. The molecule has 0 fully saturated rings. The normalized spacial score (nSPS) is 9.43. The number of aryl methyl sites for hydroxylation is 1. The molecule has 0 unspecified atom stereocenters. The third-order valence-corrected chi connectivity index (χ3v) is 2.00. The molecule has 0 amide bonds. The van der Waals surface area contributed by atoms with E-state index in [2.05, 4.69) is 34.3 Å². The van der Waals surface area contributed by atoms with Crippen molar-refractivity contribution in [3.8, 4) is 0 Å². The van der Waals surface area contributed by atoms with Gasteiger partial charge in [0.15, 0.2) is 0 Å². The van der Waals surface area contributed by atoms with Gasteiger partial charge in [0.1, 0.15) is 0 Å². The lowest BCUT2D eigenvalue weighted by atomic mass is 10.2. The number of rotatable bonds is 1. The van der Waals surface area contributed by atoms with Crippen molar-refractivity contribution < 1.29 is 2.85 Å². The SMILES string of the molecule is CC.CNc1cc(C)c2nc[nH]c2c1.[HH].[HH]. The number of anilines is 1. The minimum atomic E-state index is 0. The van der Waals surface area contributed by atoms with E-state index in [1.54, 1.807) is 6.33 Å². The van der Waals surface area contributed by atoms with Gasteiger partial charge in [-0.1, -0.05) is 13.8 Å². The molecule has 0 atom stereocenters. The maximum Gasteiger partial charge on any atom is 0.0932 e. The molecule has 0 saturated heterocycles. The van der Waals surface area contributed by atoms with E-state index in [0.29, 0.717) is 0 Å². The lowest BCUT2D eigenvalue weighted by molar-refractivity contribution is 1.34. The molecule has 0 radical (unpaired) electrons. The summed E-state index contributed by atoms with van der Waals surface area (Å²) in [6, 6.07) is 4.14. The van der Waals surface area contributed by atoms with Crippen molar-refractivity contribution in [3.63, 3.8) is 0 Å². The van der Waals surface area contributed by atoms with Gasteiger partial charge in [-0.25, -0.2) is 4.98 Å². The zero-order chi connectivity index (χ0) is 10.6. The van der Waals surface area contributed by atoms with Crippen LogP contribution in [0.15, 0.2) is 18.5 Å². The molecule has 2 aromatic rings. The lowest BCUT2D eigenvalue weighted by Crippen LogP contribution is -1.88. The van der Waals surface area contributed by atoms with Crippen LogP contribution < -0.4 is 5.32 Å². The molecule has 1 aromatic heterocycles. The second-order valence-electron chi connectivity index (χ2n) is 2.84. The van der Waals surface area contributed by atoms with E-state index < -0.39 is 0 Å².